The highest BCUT2D eigenvalue weighted by Gasteiger charge is 2.30. The summed E-state index contributed by atoms with van der Waals surface area (Å²) in [4.78, 5) is 5.73. The van der Waals surface area contributed by atoms with Crippen molar-refractivity contribution in [3.63, 3.8) is 0 Å². The van der Waals surface area contributed by atoms with Crippen molar-refractivity contribution in [3.8, 4) is 17.6 Å². The van der Waals surface area contributed by atoms with Gasteiger partial charge >= 0.3 is 6.36 Å². The van der Waals surface area contributed by atoms with E-state index in [4.69, 9.17) is 14.4 Å². The molecule has 0 radical (unpaired) electrons. The van der Waals surface area contributed by atoms with Gasteiger partial charge in [-0.05, 0) is 67.2 Å². The summed E-state index contributed by atoms with van der Waals surface area (Å²) in [5, 5.41) is 17.0. The average molecular weight is 524 g/mol. The number of aryl methyl sites for hydroxylation is 2. The molecule has 0 aliphatic carbocycles. The molecule has 11 heteroatoms. The van der Waals surface area contributed by atoms with Crippen molar-refractivity contribution in [2.45, 2.75) is 45.2 Å². The maximum absolute atomic E-state index is 12.2. The van der Waals surface area contributed by atoms with Crippen molar-refractivity contribution in [2.75, 3.05) is 0 Å². The van der Waals surface area contributed by atoms with Crippen LogP contribution in [0.5, 0.6) is 11.5 Å². The van der Waals surface area contributed by atoms with Gasteiger partial charge in [-0.15, -0.1) is 13.2 Å². The predicted octanol–water partition coefficient (Wildman–Crippen LogP) is 6.00. The fraction of sp³-hybridized carbons (Fsp3) is 0.259. The summed E-state index contributed by atoms with van der Waals surface area (Å²) in [5.74, 6) is 0.778. The van der Waals surface area contributed by atoms with Gasteiger partial charge in [0.15, 0.2) is 0 Å². The Hall–Kier alpha value is -4.59. The van der Waals surface area contributed by atoms with Crippen LogP contribution in [0.3, 0.4) is 0 Å². The Bertz CT molecular complexity index is 1370. The molecule has 0 amide bonds. The lowest BCUT2D eigenvalue weighted by Crippen LogP contribution is -2.16. The molecule has 4 aromatic rings. The van der Waals surface area contributed by atoms with Crippen LogP contribution in [0.4, 0.5) is 13.2 Å². The van der Waals surface area contributed by atoms with Gasteiger partial charge in [-0.25, -0.2) is 4.98 Å². The minimum atomic E-state index is -4.72. The molecule has 196 valence electrons. The lowest BCUT2D eigenvalue weighted by atomic mass is 10.1. The van der Waals surface area contributed by atoms with Gasteiger partial charge in [0.2, 0.25) is 5.89 Å². The molecule has 38 heavy (non-hydrogen) atoms. The zero-order chi connectivity index (χ0) is 26.8. The van der Waals surface area contributed by atoms with E-state index in [0.29, 0.717) is 22.9 Å². The SMILES string of the molecule is N#CCn1ncc(CCCCc2ccc(OCc3coc(C=Cc4ccc(OC(F)(F)F)cc4)n3)cc2)n1. The third kappa shape index (κ3) is 8.51. The van der Waals surface area contributed by atoms with Crippen LogP contribution in [0.25, 0.3) is 12.2 Å². The number of aromatic nitrogens is 4. The summed E-state index contributed by atoms with van der Waals surface area (Å²) in [7, 11) is 0. The summed E-state index contributed by atoms with van der Waals surface area (Å²) in [6.07, 6.45) is 5.51. The zero-order valence-corrected chi connectivity index (χ0v) is 20.3. The van der Waals surface area contributed by atoms with E-state index in [9.17, 15) is 13.2 Å². The van der Waals surface area contributed by atoms with Crippen molar-refractivity contribution >= 4 is 12.2 Å². The molecular formula is C27H24F3N5O3. The zero-order valence-electron chi connectivity index (χ0n) is 20.3. The van der Waals surface area contributed by atoms with Gasteiger partial charge in [0.25, 0.3) is 0 Å². The molecule has 4 rings (SSSR count). The van der Waals surface area contributed by atoms with Crippen molar-refractivity contribution < 1.29 is 27.1 Å². The van der Waals surface area contributed by atoms with Gasteiger partial charge in [0.1, 0.15) is 36.6 Å². The molecule has 0 unspecified atom stereocenters. The summed E-state index contributed by atoms with van der Waals surface area (Å²) in [6, 6.07) is 15.4. The number of oxazole rings is 1. The second-order valence-electron chi connectivity index (χ2n) is 8.29. The van der Waals surface area contributed by atoms with Crippen LogP contribution in [0.15, 0.2) is 65.4 Å². The number of benzene rings is 2. The topological polar surface area (TPSA) is 99.0 Å². The van der Waals surface area contributed by atoms with E-state index in [1.807, 2.05) is 30.3 Å². The lowest BCUT2D eigenvalue weighted by molar-refractivity contribution is -0.274. The molecular weight excluding hydrogens is 499 g/mol. The minimum absolute atomic E-state index is 0.161. The van der Waals surface area contributed by atoms with Crippen LogP contribution in [0.2, 0.25) is 0 Å². The van der Waals surface area contributed by atoms with Crippen LogP contribution < -0.4 is 9.47 Å². The number of nitrogens with zero attached hydrogens (tertiary/aromatic N) is 5. The van der Waals surface area contributed by atoms with E-state index in [0.717, 1.165) is 31.4 Å². The van der Waals surface area contributed by atoms with Crippen LogP contribution >= 0.6 is 0 Å². The Morgan fingerprint density at radius 3 is 2.42 bits per heavy atom. The molecule has 0 bridgehead atoms. The van der Waals surface area contributed by atoms with E-state index in [1.54, 1.807) is 18.3 Å². The monoisotopic (exact) mass is 523 g/mol. The number of nitriles is 1. The van der Waals surface area contributed by atoms with Crippen molar-refractivity contribution in [3.05, 3.63) is 89.4 Å². The van der Waals surface area contributed by atoms with Gasteiger partial charge in [0, 0.05) is 6.08 Å². The maximum Gasteiger partial charge on any atom is 0.573 e. The van der Waals surface area contributed by atoms with Gasteiger partial charge in [-0.1, -0.05) is 24.3 Å². The normalized spacial score (nSPS) is 11.5. The highest BCUT2D eigenvalue weighted by Crippen LogP contribution is 2.23. The Morgan fingerprint density at radius 1 is 0.947 bits per heavy atom. The first-order chi connectivity index (χ1) is 18.4. The fourth-order valence-electron chi connectivity index (χ4n) is 3.55. The number of halogens is 3. The van der Waals surface area contributed by atoms with Crippen molar-refractivity contribution in [2.24, 2.45) is 0 Å². The lowest BCUT2D eigenvalue weighted by Gasteiger charge is -2.08. The maximum atomic E-state index is 12.2. The molecule has 0 aliphatic rings. The molecule has 0 spiro atoms. The van der Waals surface area contributed by atoms with Gasteiger partial charge in [-0.3, -0.25) is 0 Å². The number of rotatable bonds is 12. The molecule has 0 saturated heterocycles. The quantitative estimate of drug-likeness (QED) is 0.210. The molecule has 2 heterocycles. The van der Waals surface area contributed by atoms with Crippen LogP contribution in [0.1, 0.15) is 41.2 Å². The second-order valence-corrected chi connectivity index (χ2v) is 8.29. The average Bonchev–Trinajstić information content (AvgIpc) is 3.54. The summed E-state index contributed by atoms with van der Waals surface area (Å²) in [5.41, 5.74) is 3.37. The Morgan fingerprint density at radius 2 is 1.68 bits per heavy atom. The first kappa shape index (κ1) is 26.5. The van der Waals surface area contributed by atoms with Gasteiger partial charge in [-0.2, -0.15) is 20.3 Å². The van der Waals surface area contributed by atoms with Crippen molar-refractivity contribution in [1.82, 2.24) is 20.0 Å². The first-order valence-electron chi connectivity index (χ1n) is 11.8. The number of hydrogen-bond acceptors (Lipinski definition) is 7. The third-order valence-electron chi connectivity index (χ3n) is 5.36. The fourth-order valence-corrected chi connectivity index (χ4v) is 3.55. The van der Waals surface area contributed by atoms with Crippen LogP contribution in [0, 0.1) is 11.3 Å². The standard InChI is InChI=1S/C27H24F3N5O3/c28-27(29,30)38-25-12-7-21(8-13-25)9-14-26-33-23(19-37-26)18-36-24-10-5-20(6-11-24)3-1-2-4-22-17-32-35(34-22)16-15-31/h5-14,17,19H,1-4,16,18H2. The van der Waals surface area contributed by atoms with E-state index in [-0.39, 0.29) is 18.9 Å². The highest BCUT2D eigenvalue weighted by atomic mass is 19.4. The van der Waals surface area contributed by atoms with E-state index >= 15 is 0 Å². The van der Waals surface area contributed by atoms with Gasteiger partial charge in [0.05, 0.1) is 18.0 Å². The Kier molecular flexibility index (Phi) is 8.77. The molecule has 0 N–H and O–H groups in total. The molecule has 2 aromatic heterocycles. The van der Waals surface area contributed by atoms with Crippen LogP contribution in [-0.2, 0) is 26.0 Å². The first-order valence-corrected chi connectivity index (χ1v) is 11.8. The minimum Gasteiger partial charge on any atom is -0.487 e. The summed E-state index contributed by atoms with van der Waals surface area (Å²) < 4.78 is 51.8. The number of hydrogen-bond donors (Lipinski definition) is 0. The second kappa shape index (κ2) is 12.6. The molecule has 0 aliphatic heterocycles. The highest BCUT2D eigenvalue weighted by molar-refractivity contribution is 5.66. The molecule has 0 saturated carbocycles. The van der Waals surface area contributed by atoms with E-state index in [1.165, 1.54) is 40.9 Å². The molecule has 0 atom stereocenters. The van der Waals surface area contributed by atoms with E-state index < -0.39 is 6.36 Å². The van der Waals surface area contributed by atoms with Crippen molar-refractivity contribution in [1.29, 1.82) is 5.26 Å². The third-order valence-corrected chi connectivity index (χ3v) is 5.36. The smallest absolute Gasteiger partial charge is 0.487 e. The predicted molar refractivity (Wildman–Crippen MR) is 132 cm³/mol. The van der Waals surface area contributed by atoms with Crippen LogP contribution in [-0.4, -0.2) is 26.3 Å². The largest absolute Gasteiger partial charge is 0.573 e. The molecule has 8 nitrogen and oxygen atoms in total. The summed E-state index contributed by atoms with van der Waals surface area (Å²) >= 11 is 0. The summed E-state index contributed by atoms with van der Waals surface area (Å²) in [6.45, 7) is 0.390. The number of alkyl halides is 3. The number of unbranched alkanes of at least 4 members (excludes halogenated alkanes) is 1. The van der Waals surface area contributed by atoms with Gasteiger partial charge < -0.3 is 13.9 Å². The van der Waals surface area contributed by atoms with E-state index in [2.05, 4.69) is 19.9 Å². The molecule has 0 fully saturated rings. The Labute approximate surface area is 216 Å². The number of ether oxygens (including phenoxy) is 2. The molecule has 2 aromatic carbocycles. The Balaban J connectivity index is 1.18.